The summed E-state index contributed by atoms with van der Waals surface area (Å²) in [6.07, 6.45) is 3.35. The number of rotatable bonds is 4. The van der Waals surface area contributed by atoms with Crippen LogP contribution in [0.15, 0.2) is 47.8 Å². The molecule has 5 nitrogen and oxygen atoms in total. The minimum atomic E-state index is -0.964. The minimum absolute atomic E-state index is 0.0459. The van der Waals surface area contributed by atoms with E-state index in [4.69, 9.17) is 0 Å². The number of carbonyl (C=O) groups is 2. The molecule has 4 atom stereocenters. The maximum Gasteiger partial charge on any atom is 0.271 e. The molecule has 3 heterocycles. The quantitative estimate of drug-likeness (QED) is 0.605. The normalized spacial score (nSPS) is 28.0. The molecule has 1 fully saturated rings. The van der Waals surface area contributed by atoms with Gasteiger partial charge in [-0.3, -0.25) is 9.59 Å². The average Bonchev–Trinajstić information content (AvgIpc) is 3.37. The number of fused-ring (bicyclic) bond motifs is 3. The molecule has 1 N–H and O–H groups in total. The molecule has 0 saturated heterocycles. The lowest BCUT2D eigenvalue weighted by atomic mass is 9.77. The lowest BCUT2D eigenvalue weighted by Crippen LogP contribution is -2.65. The predicted molar refractivity (Wildman–Crippen MR) is 129 cm³/mol. The number of amides is 2. The highest BCUT2D eigenvalue weighted by atomic mass is 32.1. The van der Waals surface area contributed by atoms with Crippen molar-refractivity contribution in [2.24, 2.45) is 11.8 Å². The number of nitrogens with one attached hydrogen (secondary N) is 1. The highest BCUT2D eigenvalue weighted by Gasteiger charge is 2.48. The third kappa shape index (κ3) is 3.45. The topological polar surface area (TPSA) is 54.3 Å². The summed E-state index contributed by atoms with van der Waals surface area (Å²) in [7, 11) is 0. The van der Waals surface area contributed by atoms with E-state index in [1.807, 2.05) is 59.3 Å². The number of aromatic nitrogens is 1. The van der Waals surface area contributed by atoms with Crippen molar-refractivity contribution < 1.29 is 9.59 Å². The molecular weight excluding hydrogens is 418 g/mol. The second-order valence-electron chi connectivity index (χ2n) is 9.78. The van der Waals surface area contributed by atoms with Crippen molar-refractivity contribution >= 4 is 33.4 Å². The van der Waals surface area contributed by atoms with Crippen LogP contribution < -0.4 is 5.32 Å². The maximum absolute atomic E-state index is 13.9. The molecule has 2 aromatic heterocycles. The number of hydrogen-bond donors (Lipinski definition) is 1. The highest BCUT2D eigenvalue weighted by molar-refractivity contribution is 7.17. The fourth-order valence-corrected chi connectivity index (χ4v) is 6.22. The van der Waals surface area contributed by atoms with Gasteiger partial charge in [-0.1, -0.05) is 57.0 Å². The number of thiophene rings is 1. The zero-order chi connectivity index (χ0) is 22.5. The Hall–Kier alpha value is -2.60. The summed E-state index contributed by atoms with van der Waals surface area (Å²) in [6, 6.07) is 14.1. The molecule has 0 spiro atoms. The van der Waals surface area contributed by atoms with Crippen LogP contribution in [0.2, 0.25) is 0 Å². The van der Waals surface area contributed by atoms with Crippen LogP contribution in [0.5, 0.6) is 0 Å². The summed E-state index contributed by atoms with van der Waals surface area (Å²) in [5, 5.41) is 5.41. The van der Waals surface area contributed by atoms with E-state index in [9.17, 15) is 9.59 Å². The number of carbonyl (C=O) groups excluding carboxylic acids is 2. The van der Waals surface area contributed by atoms with Crippen molar-refractivity contribution in [2.45, 2.75) is 64.7 Å². The Morgan fingerprint density at radius 2 is 1.97 bits per heavy atom. The average molecular weight is 450 g/mol. The monoisotopic (exact) mass is 449 g/mol. The molecule has 6 heteroatoms. The van der Waals surface area contributed by atoms with E-state index < -0.39 is 5.54 Å². The molecular formula is C26H31N3O2S. The van der Waals surface area contributed by atoms with E-state index in [1.54, 1.807) is 16.2 Å². The van der Waals surface area contributed by atoms with Gasteiger partial charge in [0.25, 0.3) is 5.91 Å². The van der Waals surface area contributed by atoms with Crippen LogP contribution in [0.4, 0.5) is 0 Å². The molecule has 32 heavy (non-hydrogen) atoms. The highest BCUT2D eigenvalue weighted by Crippen LogP contribution is 2.36. The first-order chi connectivity index (χ1) is 15.4. The zero-order valence-electron chi connectivity index (χ0n) is 19.0. The summed E-state index contributed by atoms with van der Waals surface area (Å²) >= 11 is 1.63. The predicted octanol–water partition coefficient (Wildman–Crippen LogP) is 5.06. The van der Waals surface area contributed by atoms with Crippen molar-refractivity contribution in [3.05, 3.63) is 59.1 Å². The summed E-state index contributed by atoms with van der Waals surface area (Å²) in [6.45, 7) is 7.32. The van der Waals surface area contributed by atoms with Gasteiger partial charge in [-0.25, -0.2) is 0 Å². The first kappa shape index (κ1) is 21.3. The van der Waals surface area contributed by atoms with E-state index in [0.29, 0.717) is 30.6 Å². The van der Waals surface area contributed by atoms with Crippen LogP contribution in [0, 0.1) is 11.8 Å². The van der Waals surface area contributed by atoms with Crippen LogP contribution in [0.3, 0.4) is 0 Å². The Bertz CT molecular complexity index is 1150. The molecule has 2 amide bonds. The second kappa shape index (κ2) is 8.07. The van der Waals surface area contributed by atoms with E-state index in [-0.39, 0.29) is 17.9 Å². The van der Waals surface area contributed by atoms with Gasteiger partial charge in [0.05, 0.1) is 16.8 Å². The van der Waals surface area contributed by atoms with E-state index in [0.717, 1.165) is 28.6 Å². The molecule has 0 bridgehead atoms. The third-order valence-electron chi connectivity index (χ3n) is 7.74. The smallest absolute Gasteiger partial charge is 0.271 e. The van der Waals surface area contributed by atoms with Crippen LogP contribution in [0.25, 0.3) is 10.2 Å². The lowest BCUT2D eigenvalue weighted by Gasteiger charge is -2.45. The van der Waals surface area contributed by atoms with Crippen molar-refractivity contribution in [3.8, 4) is 0 Å². The molecule has 0 radical (unpaired) electrons. The minimum Gasteiger partial charge on any atom is -0.351 e. The van der Waals surface area contributed by atoms with Gasteiger partial charge in [0.2, 0.25) is 5.91 Å². The SMILES string of the molecule is C[C@@H]1[C@H](C)CCC[C@@H]1NC(=O)[C@@]1(C)Cn2c(cc3sccc32)C(=O)N1Cc1ccccc1. The van der Waals surface area contributed by atoms with Gasteiger partial charge < -0.3 is 14.8 Å². The van der Waals surface area contributed by atoms with Crippen LogP contribution in [-0.4, -0.2) is 32.9 Å². The van der Waals surface area contributed by atoms with Crippen LogP contribution >= 0.6 is 11.3 Å². The second-order valence-corrected chi connectivity index (χ2v) is 10.7. The molecule has 1 aliphatic heterocycles. The van der Waals surface area contributed by atoms with Crippen LogP contribution in [0.1, 0.15) is 56.1 Å². The van der Waals surface area contributed by atoms with Crippen LogP contribution in [-0.2, 0) is 17.9 Å². The van der Waals surface area contributed by atoms with Gasteiger partial charge in [0.15, 0.2) is 0 Å². The number of benzene rings is 1. The summed E-state index contributed by atoms with van der Waals surface area (Å²) in [4.78, 5) is 29.4. The van der Waals surface area contributed by atoms with Gasteiger partial charge >= 0.3 is 0 Å². The fourth-order valence-electron chi connectivity index (χ4n) is 5.40. The van der Waals surface area contributed by atoms with Crippen molar-refractivity contribution in [1.82, 2.24) is 14.8 Å². The molecule has 5 rings (SSSR count). The van der Waals surface area contributed by atoms with Gasteiger partial charge in [0, 0.05) is 12.6 Å². The fraction of sp³-hybridized carbons (Fsp3) is 0.462. The molecule has 1 saturated carbocycles. The molecule has 0 unspecified atom stereocenters. The summed E-state index contributed by atoms with van der Waals surface area (Å²) in [5.74, 6) is 0.905. The first-order valence-corrected chi connectivity index (χ1v) is 12.5. The molecule has 1 aliphatic carbocycles. The number of hydrogen-bond acceptors (Lipinski definition) is 3. The molecule has 2 aliphatic rings. The van der Waals surface area contributed by atoms with Gasteiger partial charge in [0.1, 0.15) is 11.2 Å². The van der Waals surface area contributed by atoms with Gasteiger partial charge in [-0.2, -0.15) is 0 Å². The number of nitrogens with zero attached hydrogens (tertiary/aromatic N) is 2. The standard InChI is InChI=1S/C26H31N3O2S/c1-17-8-7-11-20(18(17)2)27-25(31)26(3)16-28-21-12-13-32-23(21)14-22(28)24(30)29(26)15-19-9-5-4-6-10-19/h4-6,9-10,12-14,17-18,20H,7-8,11,15-16H2,1-3H3,(H,27,31)/t17-,18-,20+,26-/m1/s1. The van der Waals surface area contributed by atoms with E-state index in [2.05, 4.69) is 19.2 Å². The van der Waals surface area contributed by atoms with Crippen molar-refractivity contribution in [1.29, 1.82) is 0 Å². The Labute approximate surface area is 193 Å². The third-order valence-corrected chi connectivity index (χ3v) is 8.60. The Morgan fingerprint density at radius 3 is 2.75 bits per heavy atom. The summed E-state index contributed by atoms with van der Waals surface area (Å²) < 4.78 is 3.13. The Kier molecular flexibility index (Phi) is 5.36. The Morgan fingerprint density at radius 1 is 1.19 bits per heavy atom. The molecule has 168 valence electrons. The van der Waals surface area contributed by atoms with Crippen molar-refractivity contribution in [3.63, 3.8) is 0 Å². The first-order valence-electron chi connectivity index (χ1n) is 11.6. The summed E-state index contributed by atoms with van der Waals surface area (Å²) in [5.41, 5.74) is 1.78. The zero-order valence-corrected chi connectivity index (χ0v) is 19.8. The molecule has 1 aromatic carbocycles. The van der Waals surface area contributed by atoms with E-state index >= 15 is 0 Å². The lowest BCUT2D eigenvalue weighted by molar-refractivity contribution is -0.134. The Balaban J connectivity index is 1.52. The van der Waals surface area contributed by atoms with E-state index in [1.165, 1.54) is 6.42 Å². The maximum atomic E-state index is 13.9. The van der Waals surface area contributed by atoms with Crippen molar-refractivity contribution in [2.75, 3.05) is 0 Å². The molecule has 3 aromatic rings. The van der Waals surface area contributed by atoms with Gasteiger partial charge in [-0.15, -0.1) is 11.3 Å². The largest absolute Gasteiger partial charge is 0.351 e. The van der Waals surface area contributed by atoms with Gasteiger partial charge in [-0.05, 0) is 48.3 Å².